The molecule has 0 atom stereocenters. The van der Waals surface area contributed by atoms with E-state index < -0.39 is 29.4 Å². The highest BCUT2D eigenvalue weighted by Gasteiger charge is 2.24. The Balaban J connectivity index is 2.58. The zero-order valence-electron chi connectivity index (χ0n) is 18.7. The van der Waals surface area contributed by atoms with Gasteiger partial charge in [-0.1, -0.05) is 22.0 Å². The first-order valence-electron chi connectivity index (χ1n) is 9.55. The molecule has 0 aliphatic heterocycles. The van der Waals surface area contributed by atoms with E-state index in [9.17, 15) is 14.4 Å². The number of esters is 1. The Morgan fingerprint density at radius 2 is 1.65 bits per heavy atom. The van der Waals surface area contributed by atoms with Crippen molar-refractivity contribution < 1.29 is 28.6 Å². The molecule has 2 aromatic rings. The molecule has 0 aliphatic carbocycles. The van der Waals surface area contributed by atoms with Crippen LogP contribution < -0.4 is 5.32 Å². The van der Waals surface area contributed by atoms with Crippen LogP contribution in [0, 0.1) is 0 Å². The molecule has 0 unspecified atom stereocenters. The van der Waals surface area contributed by atoms with Crippen LogP contribution in [0.2, 0.25) is 0 Å². The number of hydrogen-bond acceptors (Lipinski definition) is 6. The monoisotopic (exact) mass is 494 g/mol. The number of halogens is 1. The maximum Gasteiger partial charge on any atom is 0.419 e. The van der Waals surface area contributed by atoms with Crippen LogP contribution in [0.1, 0.15) is 47.1 Å². The molecular formula is C22H27BrN2O6. The second-order valence-electron chi connectivity index (χ2n) is 8.75. The fourth-order valence-corrected chi connectivity index (χ4v) is 3.25. The Morgan fingerprint density at radius 1 is 1.03 bits per heavy atom. The number of nitrogens with zero attached hydrogens (tertiary/aromatic N) is 1. The van der Waals surface area contributed by atoms with Gasteiger partial charge in [0.2, 0.25) is 0 Å². The molecule has 0 saturated carbocycles. The summed E-state index contributed by atoms with van der Waals surface area (Å²) in [7, 11) is 1.20. The molecule has 0 spiro atoms. The SMILES string of the molecule is COC(=O)/C(=C/c1cn(C(=O)OC(C)(C)C)c2cccc(Br)c12)NC(=O)OC(C)(C)C. The van der Waals surface area contributed by atoms with Crippen LogP contribution >= 0.6 is 15.9 Å². The molecule has 2 rings (SSSR count). The van der Waals surface area contributed by atoms with Gasteiger partial charge < -0.3 is 14.2 Å². The molecule has 8 nitrogen and oxygen atoms in total. The van der Waals surface area contributed by atoms with Crippen LogP contribution in [0.25, 0.3) is 17.0 Å². The largest absolute Gasteiger partial charge is 0.464 e. The summed E-state index contributed by atoms with van der Waals surface area (Å²) in [6, 6.07) is 5.33. The van der Waals surface area contributed by atoms with E-state index in [1.54, 1.807) is 59.7 Å². The lowest BCUT2D eigenvalue weighted by Gasteiger charge is -2.20. The van der Waals surface area contributed by atoms with Gasteiger partial charge in [-0.2, -0.15) is 0 Å². The van der Waals surface area contributed by atoms with Crippen molar-refractivity contribution in [3.05, 3.63) is 40.1 Å². The molecule has 1 aromatic carbocycles. The number of benzene rings is 1. The van der Waals surface area contributed by atoms with Crippen molar-refractivity contribution in [3.8, 4) is 0 Å². The number of aromatic nitrogens is 1. The maximum atomic E-state index is 12.7. The number of fused-ring (bicyclic) bond motifs is 1. The van der Waals surface area contributed by atoms with E-state index in [4.69, 9.17) is 14.2 Å². The number of rotatable bonds is 3. The lowest BCUT2D eigenvalue weighted by atomic mass is 10.1. The van der Waals surface area contributed by atoms with E-state index in [0.717, 1.165) is 0 Å². The van der Waals surface area contributed by atoms with Gasteiger partial charge in [-0.3, -0.25) is 9.88 Å². The normalized spacial score (nSPS) is 12.5. The molecular weight excluding hydrogens is 468 g/mol. The summed E-state index contributed by atoms with van der Waals surface area (Å²) >= 11 is 3.48. The van der Waals surface area contributed by atoms with Crippen molar-refractivity contribution >= 4 is 51.1 Å². The van der Waals surface area contributed by atoms with Gasteiger partial charge in [0.1, 0.15) is 16.9 Å². The molecule has 31 heavy (non-hydrogen) atoms. The molecule has 9 heteroatoms. The van der Waals surface area contributed by atoms with Crippen molar-refractivity contribution in [2.45, 2.75) is 52.7 Å². The summed E-state index contributed by atoms with van der Waals surface area (Å²) in [5.74, 6) is -0.768. The van der Waals surface area contributed by atoms with Gasteiger partial charge in [0.05, 0.1) is 12.6 Å². The average molecular weight is 495 g/mol. The van der Waals surface area contributed by atoms with Gasteiger partial charge in [-0.05, 0) is 59.8 Å². The molecule has 0 radical (unpaired) electrons. The second-order valence-corrected chi connectivity index (χ2v) is 9.60. The minimum Gasteiger partial charge on any atom is -0.464 e. The Morgan fingerprint density at radius 3 is 2.19 bits per heavy atom. The van der Waals surface area contributed by atoms with Gasteiger partial charge in [-0.25, -0.2) is 14.4 Å². The molecule has 1 amide bonds. The summed E-state index contributed by atoms with van der Waals surface area (Å²) in [5.41, 5.74) is -0.524. The Kier molecular flexibility index (Phi) is 7.21. The van der Waals surface area contributed by atoms with E-state index >= 15 is 0 Å². The number of ether oxygens (including phenoxy) is 3. The molecule has 0 fully saturated rings. The van der Waals surface area contributed by atoms with Gasteiger partial charge in [-0.15, -0.1) is 0 Å². The predicted molar refractivity (Wildman–Crippen MR) is 121 cm³/mol. The number of alkyl carbamates (subject to hydrolysis) is 1. The predicted octanol–water partition coefficient (Wildman–Crippen LogP) is 5.23. The van der Waals surface area contributed by atoms with Gasteiger partial charge in [0.15, 0.2) is 0 Å². The van der Waals surface area contributed by atoms with Crippen molar-refractivity contribution in [2.24, 2.45) is 0 Å². The first kappa shape index (κ1) is 24.5. The van der Waals surface area contributed by atoms with Crippen LogP contribution in [0.3, 0.4) is 0 Å². The molecule has 0 saturated heterocycles. The third kappa shape index (κ3) is 6.58. The van der Waals surface area contributed by atoms with Crippen molar-refractivity contribution in [1.82, 2.24) is 9.88 Å². The smallest absolute Gasteiger partial charge is 0.419 e. The first-order chi connectivity index (χ1) is 14.2. The number of hydrogen-bond donors (Lipinski definition) is 1. The third-order valence-electron chi connectivity index (χ3n) is 3.74. The lowest BCUT2D eigenvalue weighted by molar-refractivity contribution is -0.136. The highest BCUT2D eigenvalue weighted by atomic mass is 79.9. The molecule has 168 valence electrons. The molecule has 1 aromatic heterocycles. The van der Waals surface area contributed by atoms with Crippen molar-refractivity contribution in [1.29, 1.82) is 0 Å². The summed E-state index contributed by atoms with van der Waals surface area (Å²) in [5, 5.41) is 3.07. The number of carbonyl (C=O) groups is 3. The quantitative estimate of drug-likeness (QED) is 0.356. The van der Waals surface area contributed by atoms with Crippen LogP contribution in [-0.2, 0) is 19.0 Å². The van der Waals surface area contributed by atoms with Crippen molar-refractivity contribution in [2.75, 3.05) is 7.11 Å². The number of carbonyl (C=O) groups excluding carboxylic acids is 3. The number of amides is 1. The zero-order valence-corrected chi connectivity index (χ0v) is 20.2. The van der Waals surface area contributed by atoms with E-state index in [2.05, 4.69) is 21.2 Å². The Hall–Kier alpha value is -2.81. The Labute approximate surface area is 189 Å². The first-order valence-corrected chi connectivity index (χ1v) is 10.3. The van der Waals surface area contributed by atoms with E-state index in [-0.39, 0.29) is 5.70 Å². The maximum absolute atomic E-state index is 12.7. The zero-order chi connectivity index (χ0) is 23.6. The summed E-state index contributed by atoms with van der Waals surface area (Å²) < 4.78 is 17.5. The van der Waals surface area contributed by atoms with E-state index in [1.165, 1.54) is 23.9 Å². The summed E-state index contributed by atoms with van der Waals surface area (Å²) in [6.07, 6.45) is 1.57. The standard InChI is InChI=1S/C22H27BrN2O6/c1-21(2,3)30-19(27)24-15(18(26)29-7)11-13-12-25(20(28)31-22(4,5)6)16-10-8-9-14(23)17(13)16/h8-12H,1-7H3,(H,24,27)/b15-11-. The minimum absolute atomic E-state index is 0.143. The Bertz CT molecular complexity index is 1040. The number of methoxy groups -OCH3 is 1. The molecule has 1 N–H and O–H groups in total. The fraction of sp³-hybridized carbons (Fsp3) is 0.409. The van der Waals surface area contributed by atoms with Gasteiger partial charge >= 0.3 is 18.2 Å². The molecule has 1 heterocycles. The highest BCUT2D eigenvalue weighted by Crippen LogP contribution is 2.31. The highest BCUT2D eigenvalue weighted by molar-refractivity contribution is 9.10. The third-order valence-corrected chi connectivity index (χ3v) is 4.40. The topological polar surface area (TPSA) is 95.9 Å². The molecule has 0 aliphatic rings. The summed E-state index contributed by atoms with van der Waals surface area (Å²) in [6.45, 7) is 10.4. The average Bonchev–Trinajstić information content (AvgIpc) is 2.97. The van der Waals surface area contributed by atoms with E-state index in [1.807, 2.05) is 0 Å². The van der Waals surface area contributed by atoms with E-state index in [0.29, 0.717) is 20.9 Å². The van der Waals surface area contributed by atoms with Crippen molar-refractivity contribution in [3.63, 3.8) is 0 Å². The van der Waals surface area contributed by atoms with Crippen LogP contribution in [-0.4, -0.2) is 41.0 Å². The van der Waals surface area contributed by atoms with Crippen LogP contribution in [0.15, 0.2) is 34.6 Å². The van der Waals surface area contributed by atoms with Gasteiger partial charge in [0.25, 0.3) is 0 Å². The summed E-state index contributed by atoms with van der Waals surface area (Å²) in [4.78, 5) is 37.2. The van der Waals surface area contributed by atoms with Gasteiger partial charge in [0, 0.05) is 21.6 Å². The molecule has 0 bridgehead atoms. The lowest BCUT2D eigenvalue weighted by Crippen LogP contribution is -2.34. The fourth-order valence-electron chi connectivity index (χ4n) is 2.67. The van der Waals surface area contributed by atoms with Crippen LogP contribution in [0.5, 0.6) is 0 Å². The van der Waals surface area contributed by atoms with Crippen LogP contribution in [0.4, 0.5) is 9.59 Å². The second kappa shape index (κ2) is 9.13. The number of nitrogens with one attached hydrogen (secondary N) is 1. The minimum atomic E-state index is -0.806.